The summed E-state index contributed by atoms with van der Waals surface area (Å²) in [7, 11) is 0. The summed E-state index contributed by atoms with van der Waals surface area (Å²) in [5, 5.41) is 3.05. The van der Waals surface area contributed by atoms with Crippen molar-refractivity contribution in [2.75, 3.05) is 13.2 Å². The molecule has 1 aliphatic rings. The first kappa shape index (κ1) is 14.9. The molecule has 1 aromatic carbocycles. The quantitative estimate of drug-likeness (QED) is 0.865. The van der Waals surface area contributed by atoms with Crippen LogP contribution >= 0.6 is 0 Å². The number of benzene rings is 1. The van der Waals surface area contributed by atoms with E-state index in [0.717, 1.165) is 37.0 Å². The fourth-order valence-electron chi connectivity index (χ4n) is 2.72. The predicted octanol–water partition coefficient (Wildman–Crippen LogP) is 2.07. The fourth-order valence-corrected chi connectivity index (χ4v) is 2.72. The number of carbonyl (C=O) groups is 1. The number of rotatable bonds is 5. The lowest BCUT2D eigenvalue weighted by Gasteiger charge is -2.28. The Labute approximate surface area is 120 Å². The van der Waals surface area contributed by atoms with Crippen molar-refractivity contribution in [3.63, 3.8) is 0 Å². The Morgan fingerprint density at radius 1 is 1.30 bits per heavy atom. The van der Waals surface area contributed by atoms with E-state index in [1.807, 2.05) is 25.1 Å². The average molecular weight is 276 g/mol. The van der Waals surface area contributed by atoms with Gasteiger partial charge in [-0.1, -0.05) is 18.9 Å². The third-order valence-electron chi connectivity index (χ3n) is 4.20. The first-order chi connectivity index (χ1) is 9.54. The molecule has 110 valence electrons. The van der Waals surface area contributed by atoms with Gasteiger partial charge in [-0.15, -0.1) is 0 Å². The van der Waals surface area contributed by atoms with E-state index in [-0.39, 0.29) is 18.1 Å². The minimum absolute atomic E-state index is 0.0459. The number of carbonyl (C=O) groups excluding carboxylic acids is 1. The van der Waals surface area contributed by atoms with Gasteiger partial charge in [-0.25, -0.2) is 0 Å². The van der Waals surface area contributed by atoms with Crippen LogP contribution < -0.4 is 15.8 Å². The normalized spacial score (nSPS) is 16.9. The van der Waals surface area contributed by atoms with Gasteiger partial charge in [0, 0.05) is 6.54 Å². The second kappa shape index (κ2) is 6.27. The second-order valence-corrected chi connectivity index (χ2v) is 5.77. The third kappa shape index (κ3) is 3.51. The van der Waals surface area contributed by atoms with E-state index >= 15 is 0 Å². The minimum atomic E-state index is -0.205. The van der Waals surface area contributed by atoms with Crippen molar-refractivity contribution in [3.05, 3.63) is 29.3 Å². The number of ether oxygens (including phenoxy) is 1. The van der Waals surface area contributed by atoms with Gasteiger partial charge in [0.1, 0.15) is 5.75 Å². The molecule has 0 aliphatic heterocycles. The van der Waals surface area contributed by atoms with Gasteiger partial charge >= 0.3 is 0 Å². The van der Waals surface area contributed by atoms with E-state index in [9.17, 15) is 4.79 Å². The van der Waals surface area contributed by atoms with Crippen molar-refractivity contribution in [1.82, 2.24) is 5.32 Å². The summed E-state index contributed by atoms with van der Waals surface area (Å²) in [6, 6.07) is 5.85. The lowest BCUT2D eigenvalue weighted by Crippen LogP contribution is -2.52. The van der Waals surface area contributed by atoms with Gasteiger partial charge in [0.15, 0.2) is 6.61 Å². The second-order valence-electron chi connectivity index (χ2n) is 5.77. The van der Waals surface area contributed by atoms with Crippen LogP contribution in [0.3, 0.4) is 0 Å². The number of hydrogen-bond acceptors (Lipinski definition) is 3. The Kier molecular flexibility index (Phi) is 4.65. The number of nitrogens with two attached hydrogens (primary N) is 1. The molecule has 0 spiro atoms. The van der Waals surface area contributed by atoms with E-state index in [2.05, 4.69) is 12.2 Å². The van der Waals surface area contributed by atoms with E-state index in [1.54, 1.807) is 0 Å². The highest BCUT2D eigenvalue weighted by atomic mass is 16.5. The van der Waals surface area contributed by atoms with Crippen molar-refractivity contribution >= 4 is 5.91 Å². The SMILES string of the molecule is Cc1ccc(OCC(=O)NC2(CN)CCCC2)cc1C. The number of nitrogens with one attached hydrogen (secondary N) is 1. The third-order valence-corrected chi connectivity index (χ3v) is 4.20. The predicted molar refractivity (Wildman–Crippen MR) is 79.8 cm³/mol. The van der Waals surface area contributed by atoms with E-state index in [0.29, 0.717) is 6.54 Å². The molecule has 3 N–H and O–H groups in total. The highest BCUT2D eigenvalue weighted by Crippen LogP contribution is 2.28. The standard InChI is InChI=1S/C16H24N2O2/c1-12-5-6-14(9-13(12)2)20-10-15(19)18-16(11-17)7-3-4-8-16/h5-6,9H,3-4,7-8,10-11,17H2,1-2H3,(H,18,19). The lowest BCUT2D eigenvalue weighted by molar-refractivity contribution is -0.124. The first-order valence-corrected chi connectivity index (χ1v) is 7.26. The Balaban J connectivity index is 1.87. The van der Waals surface area contributed by atoms with Gasteiger partial charge in [-0.2, -0.15) is 0 Å². The summed E-state index contributed by atoms with van der Waals surface area (Å²) in [6.45, 7) is 4.63. The molecule has 4 nitrogen and oxygen atoms in total. The van der Waals surface area contributed by atoms with Crippen LogP contribution in [-0.4, -0.2) is 24.6 Å². The van der Waals surface area contributed by atoms with Gasteiger partial charge in [0.25, 0.3) is 5.91 Å². The molecule has 2 rings (SSSR count). The molecular formula is C16H24N2O2. The molecule has 0 radical (unpaired) electrons. The highest BCUT2D eigenvalue weighted by molar-refractivity contribution is 5.78. The van der Waals surface area contributed by atoms with Crippen LogP contribution in [0.5, 0.6) is 5.75 Å². The molecule has 0 saturated heterocycles. The summed E-state index contributed by atoms with van der Waals surface area (Å²) in [5.41, 5.74) is 7.98. The van der Waals surface area contributed by atoms with E-state index < -0.39 is 0 Å². The van der Waals surface area contributed by atoms with Crippen LogP contribution in [0, 0.1) is 13.8 Å². The van der Waals surface area contributed by atoms with Gasteiger partial charge in [-0.05, 0) is 49.9 Å². The smallest absolute Gasteiger partial charge is 0.258 e. The summed E-state index contributed by atoms with van der Waals surface area (Å²) in [6.07, 6.45) is 4.21. The minimum Gasteiger partial charge on any atom is -0.484 e. The maximum absolute atomic E-state index is 12.0. The monoisotopic (exact) mass is 276 g/mol. The zero-order chi connectivity index (χ0) is 14.6. The topological polar surface area (TPSA) is 64.3 Å². The Hall–Kier alpha value is -1.55. The zero-order valence-electron chi connectivity index (χ0n) is 12.4. The van der Waals surface area contributed by atoms with Gasteiger partial charge in [0.05, 0.1) is 5.54 Å². The zero-order valence-corrected chi connectivity index (χ0v) is 12.4. The molecule has 1 aromatic rings. The van der Waals surface area contributed by atoms with Crippen molar-refractivity contribution < 1.29 is 9.53 Å². The van der Waals surface area contributed by atoms with Crippen molar-refractivity contribution in [2.24, 2.45) is 5.73 Å². The maximum atomic E-state index is 12.0. The van der Waals surface area contributed by atoms with Crippen LogP contribution in [0.15, 0.2) is 18.2 Å². The molecule has 1 amide bonds. The van der Waals surface area contributed by atoms with Gasteiger partial charge in [0.2, 0.25) is 0 Å². The van der Waals surface area contributed by atoms with Crippen LogP contribution in [0.1, 0.15) is 36.8 Å². The first-order valence-electron chi connectivity index (χ1n) is 7.26. The summed E-state index contributed by atoms with van der Waals surface area (Å²) >= 11 is 0. The largest absolute Gasteiger partial charge is 0.484 e. The molecule has 0 heterocycles. The summed E-state index contributed by atoms with van der Waals surface area (Å²) < 4.78 is 5.55. The van der Waals surface area contributed by atoms with Crippen LogP contribution in [0.2, 0.25) is 0 Å². The maximum Gasteiger partial charge on any atom is 0.258 e. The number of hydrogen-bond donors (Lipinski definition) is 2. The van der Waals surface area contributed by atoms with Crippen molar-refractivity contribution in [2.45, 2.75) is 45.1 Å². The summed E-state index contributed by atoms with van der Waals surface area (Å²) in [4.78, 5) is 12.0. The molecule has 1 fully saturated rings. The van der Waals surface area contributed by atoms with Gasteiger partial charge in [-0.3, -0.25) is 4.79 Å². The van der Waals surface area contributed by atoms with E-state index in [1.165, 1.54) is 5.56 Å². The fraction of sp³-hybridized carbons (Fsp3) is 0.562. The van der Waals surface area contributed by atoms with Crippen molar-refractivity contribution in [1.29, 1.82) is 0 Å². The lowest BCUT2D eigenvalue weighted by atomic mass is 9.98. The Morgan fingerprint density at radius 3 is 2.60 bits per heavy atom. The van der Waals surface area contributed by atoms with Gasteiger partial charge < -0.3 is 15.8 Å². The molecule has 20 heavy (non-hydrogen) atoms. The molecule has 0 atom stereocenters. The molecular weight excluding hydrogens is 252 g/mol. The van der Waals surface area contributed by atoms with Crippen molar-refractivity contribution in [3.8, 4) is 5.75 Å². The molecule has 4 heteroatoms. The Morgan fingerprint density at radius 2 is 2.00 bits per heavy atom. The number of aryl methyl sites for hydroxylation is 2. The molecule has 0 unspecified atom stereocenters. The number of amides is 1. The molecule has 1 aliphatic carbocycles. The van der Waals surface area contributed by atoms with Crippen LogP contribution in [0.4, 0.5) is 0 Å². The Bertz CT molecular complexity index is 479. The molecule has 0 bridgehead atoms. The van der Waals surface area contributed by atoms with Crippen LogP contribution in [0.25, 0.3) is 0 Å². The molecule has 0 aromatic heterocycles. The molecule has 1 saturated carbocycles. The summed E-state index contributed by atoms with van der Waals surface area (Å²) in [5.74, 6) is 0.645. The van der Waals surface area contributed by atoms with E-state index in [4.69, 9.17) is 10.5 Å². The average Bonchev–Trinajstić information content (AvgIpc) is 2.89. The highest BCUT2D eigenvalue weighted by Gasteiger charge is 2.33. The van der Waals surface area contributed by atoms with Crippen LogP contribution in [-0.2, 0) is 4.79 Å².